The van der Waals surface area contributed by atoms with Crippen LogP contribution in [0.1, 0.15) is 0 Å². The molecule has 1 aromatic carbocycles. The molecule has 68 valence electrons. The van der Waals surface area contributed by atoms with Crippen LogP contribution < -0.4 is 64.2 Å². The number of benzene rings is 1. The number of halogens is 1. The Hall–Kier alpha value is 1.38. The maximum absolute atomic E-state index is 10.4. The van der Waals surface area contributed by atoms with Crippen molar-refractivity contribution >= 4 is 23.0 Å². The molecule has 1 unspecified atom stereocenters. The fourth-order valence-corrected chi connectivity index (χ4v) is 0.561. The fraction of sp³-hybridized carbons (Fsp3) is 0. The van der Waals surface area contributed by atoms with E-state index in [-0.39, 0.29) is 64.9 Å². The summed E-state index contributed by atoms with van der Waals surface area (Å²) in [5.41, 5.74) is 0. The molecule has 14 heavy (non-hydrogen) atoms. The van der Waals surface area contributed by atoms with Gasteiger partial charge in [0.15, 0.2) is 0 Å². The molecule has 1 aromatic rings. The van der Waals surface area contributed by atoms with Crippen LogP contribution in [0.25, 0.3) is 0 Å². The summed E-state index contributed by atoms with van der Waals surface area (Å²) in [6, 6.07) is 6.01. The van der Waals surface area contributed by atoms with Gasteiger partial charge in [-0.25, -0.2) is 4.21 Å². The van der Waals surface area contributed by atoms with Crippen LogP contribution in [0.15, 0.2) is 24.3 Å². The molecular formula is C6H5ClNa2O4S. The zero-order valence-electron chi connectivity index (χ0n) is 7.77. The fourth-order valence-electron chi connectivity index (χ4n) is 0.435. The van der Waals surface area contributed by atoms with Crippen LogP contribution >= 0.6 is 11.6 Å². The first-order chi connectivity index (χ1) is 5.52. The van der Waals surface area contributed by atoms with Gasteiger partial charge < -0.3 is 14.2 Å². The van der Waals surface area contributed by atoms with Gasteiger partial charge in [-0.3, -0.25) is 0 Å². The molecule has 0 aromatic heterocycles. The van der Waals surface area contributed by atoms with Gasteiger partial charge in [-0.1, -0.05) is 23.7 Å². The van der Waals surface area contributed by atoms with Crippen LogP contribution in [0.3, 0.4) is 0 Å². The third-order valence-corrected chi connectivity index (χ3v) is 1.07. The van der Waals surface area contributed by atoms with Crippen molar-refractivity contribution in [3.63, 3.8) is 0 Å². The Kier molecular flexibility index (Phi) is 18.5. The normalized spacial score (nSPS) is 9.64. The van der Waals surface area contributed by atoms with Crippen molar-refractivity contribution in [2.75, 3.05) is 0 Å². The van der Waals surface area contributed by atoms with E-state index in [1.54, 1.807) is 12.1 Å². The van der Waals surface area contributed by atoms with Crippen LogP contribution in [0.5, 0.6) is 5.75 Å². The second kappa shape index (κ2) is 12.4. The van der Waals surface area contributed by atoms with E-state index in [4.69, 9.17) is 24.9 Å². The number of hydrogen-bond acceptors (Lipinski definition) is 3. The molecule has 4 nitrogen and oxygen atoms in total. The number of rotatable bonds is 0. The van der Waals surface area contributed by atoms with E-state index in [0.717, 1.165) is 0 Å². The summed E-state index contributed by atoms with van der Waals surface area (Å²) in [6.07, 6.45) is 0. The van der Waals surface area contributed by atoms with E-state index in [1.807, 2.05) is 0 Å². The summed E-state index contributed by atoms with van der Waals surface area (Å²) in [6.45, 7) is 0. The van der Waals surface area contributed by atoms with Gasteiger partial charge in [0.25, 0.3) is 0 Å². The molecule has 0 bridgehead atoms. The summed E-state index contributed by atoms with van der Waals surface area (Å²) in [5, 5.41) is 11.0. The predicted molar refractivity (Wildman–Crippen MR) is 42.4 cm³/mol. The molecule has 0 fully saturated rings. The molecule has 1 rings (SSSR count). The molecule has 0 saturated heterocycles. The molecule has 1 atom stereocenters. The molecule has 0 radical (unpaired) electrons. The monoisotopic (exact) mass is 254 g/mol. The minimum atomic E-state index is -2.86. The average molecular weight is 255 g/mol. The van der Waals surface area contributed by atoms with Gasteiger partial charge in [-0.2, -0.15) is 0 Å². The standard InChI is InChI=1S/C6H5ClO.2Na.H2O3S/c7-5-1-3-6(8)4-2-5;;;1-4(2)3/h1-4,8H;;;(H2,1,2,3)/q;2*+1;/p-2. The third kappa shape index (κ3) is 15.8. The summed E-state index contributed by atoms with van der Waals surface area (Å²) >= 11 is 2.61. The van der Waals surface area contributed by atoms with Gasteiger partial charge in [-0.15, -0.1) is 5.75 Å². The van der Waals surface area contributed by atoms with Crippen molar-refractivity contribution in [2.45, 2.75) is 0 Å². The predicted octanol–water partition coefficient (Wildman–Crippen LogP) is -5.24. The molecule has 0 aliphatic rings. The Labute approximate surface area is 134 Å². The van der Waals surface area contributed by atoms with E-state index < -0.39 is 11.4 Å². The van der Waals surface area contributed by atoms with Gasteiger partial charge in [0.2, 0.25) is 0 Å². The van der Waals surface area contributed by atoms with Crippen molar-refractivity contribution in [3.8, 4) is 5.75 Å². The van der Waals surface area contributed by atoms with E-state index in [0.29, 0.717) is 5.02 Å². The molecular weight excluding hydrogens is 250 g/mol. The van der Waals surface area contributed by atoms with Crippen LogP contribution in [0, 0.1) is 0 Å². The van der Waals surface area contributed by atoms with Crippen molar-refractivity contribution in [2.24, 2.45) is 0 Å². The molecule has 0 spiro atoms. The van der Waals surface area contributed by atoms with Gasteiger partial charge in [0, 0.05) is 5.02 Å². The van der Waals surface area contributed by atoms with Crippen LogP contribution in [0.4, 0.5) is 0 Å². The van der Waals surface area contributed by atoms with Crippen molar-refractivity contribution in [1.29, 1.82) is 0 Å². The summed E-state index contributed by atoms with van der Waals surface area (Å²) in [7, 11) is 0. The summed E-state index contributed by atoms with van der Waals surface area (Å²) < 4.78 is 24.1. The first-order valence-electron chi connectivity index (χ1n) is 2.73. The molecule has 8 heteroatoms. The summed E-state index contributed by atoms with van der Waals surface area (Å²) in [5.74, 6) is -0.00519. The minimum absolute atomic E-state index is 0. The molecule has 0 saturated carbocycles. The van der Waals surface area contributed by atoms with Gasteiger partial charge >= 0.3 is 59.1 Å². The van der Waals surface area contributed by atoms with Crippen molar-refractivity contribution < 1.29 is 77.5 Å². The van der Waals surface area contributed by atoms with E-state index in [1.165, 1.54) is 12.1 Å². The Morgan fingerprint density at radius 1 is 1.21 bits per heavy atom. The Balaban J connectivity index is -0.000000180. The van der Waals surface area contributed by atoms with Crippen LogP contribution in [-0.2, 0) is 11.4 Å². The van der Waals surface area contributed by atoms with E-state index in [2.05, 4.69) is 0 Å². The second-order valence-electron chi connectivity index (χ2n) is 1.67. The summed E-state index contributed by atoms with van der Waals surface area (Å²) in [4.78, 5) is 0. The van der Waals surface area contributed by atoms with Crippen molar-refractivity contribution in [3.05, 3.63) is 29.3 Å². The molecule has 0 aliphatic carbocycles. The minimum Gasteiger partial charge on any atom is -0.872 e. The maximum atomic E-state index is 10.4. The van der Waals surface area contributed by atoms with Crippen LogP contribution in [0.2, 0.25) is 5.02 Å². The van der Waals surface area contributed by atoms with Gasteiger partial charge in [-0.05, 0) is 12.1 Å². The average Bonchev–Trinajstić information content (AvgIpc) is 1.94. The van der Waals surface area contributed by atoms with Gasteiger partial charge in [0.1, 0.15) is 0 Å². The topological polar surface area (TPSA) is 83.4 Å². The Morgan fingerprint density at radius 3 is 1.71 bits per heavy atom. The molecule has 0 heterocycles. The third-order valence-electron chi connectivity index (χ3n) is 0.814. The van der Waals surface area contributed by atoms with E-state index in [9.17, 15) is 5.11 Å². The quantitative estimate of drug-likeness (QED) is 0.370. The van der Waals surface area contributed by atoms with Gasteiger partial charge in [0.05, 0.1) is 11.4 Å². The Bertz CT molecular complexity index is 232. The van der Waals surface area contributed by atoms with E-state index >= 15 is 0 Å². The molecule has 1 N–H and O–H groups in total. The smallest absolute Gasteiger partial charge is 0.872 e. The zero-order valence-corrected chi connectivity index (χ0v) is 13.3. The van der Waals surface area contributed by atoms with Crippen molar-refractivity contribution in [1.82, 2.24) is 0 Å². The van der Waals surface area contributed by atoms with Crippen LogP contribution in [-0.4, -0.2) is 13.3 Å². The SMILES string of the molecule is O=S([O-])O.[Na+].[Na+].[O-]c1ccc(Cl)cc1. The first kappa shape index (κ1) is 20.8. The largest absolute Gasteiger partial charge is 1.00 e. The first-order valence-corrected chi connectivity index (χ1v) is 4.14. The molecule has 0 amide bonds. The Morgan fingerprint density at radius 2 is 1.50 bits per heavy atom. The maximum Gasteiger partial charge on any atom is 1.00 e. The molecule has 0 aliphatic heterocycles. The zero-order chi connectivity index (χ0) is 9.56. The second-order valence-corrected chi connectivity index (χ2v) is 2.54. The number of hydrogen-bond donors (Lipinski definition) is 1.